The zero-order chi connectivity index (χ0) is 14.7. The number of carbonyl (C=O) groups is 1. The number of aryl methyl sites for hydroxylation is 1. The van der Waals surface area contributed by atoms with E-state index in [0.717, 1.165) is 18.5 Å². The van der Waals surface area contributed by atoms with Crippen molar-refractivity contribution in [2.24, 2.45) is 0 Å². The van der Waals surface area contributed by atoms with E-state index in [1.807, 2.05) is 12.3 Å². The third kappa shape index (κ3) is 3.61. The van der Waals surface area contributed by atoms with E-state index in [2.05, 4.69) is 34.7 Å². The summed E-state index contributed by atoms with van der Waals surface area (Å²) in [4.78, 5) is 15.3. The second kappa shape index (κ2) is 7.63. The first-order valence-corrected chi connectivity index (χ1v) is 7.41. The Balaban J connectivity index is 0.00000176. The van der Waals surface area contributed by atoms with E-state index in [0.29, 0.717) is 19.7 Å². The van der Waals surface area contributed by atoms with Gasteiger partial charge in [-0.15, -0.1) is 12.4 Å². The summed E-state index contributed by atoms with van der Waals surface area (Å²) in [6, 6.07) is 6.24. The van der Waals surface area contributed by atoms with Gasteiger partial charge in [-0.1, -0.05) is 12.1 Å². The minimum absolute atomic E-state index is 0. The Bertz CT molecular complexity index is 635. The van der Waals surface area contributed by atoms with E-state index in [9.17, 15) is 4.79 Å². The number of nitrogens with one attached hydrogen (secondary N) is 3. The Labute approximate surface area is 136 Å². The van der Waals surface area contributed by atoms with Gasteiger partial charge in [0.1, 0.15) is 6.10 Å². The molecule has 0 radical (unpaired) electrons. The zero-order valence-corrected chi connectivity index (χ0v) is 13.5. The Hall–Kier alpha value is -1.56. The number of aromatic nitrogens is 1. The minimum Gasteiger partial charge on any atom is -0.366 e. The smallest absolute Gasteiger partial charge is 0.250 e. The summed E-state index contributed by atoms with van der Waals surface area (Å²) < 4.78 is 5.44. The van der Waals surface area contributed by atoms with Gasteiger partial charge in [-0.3, -0.25) is 4.79 Å². The fourth-order valence-corrected chi connectivity index (χ4v) is 2.82. The fourth-order valence-electron chi connectivity index (χ4n) is 2.82. The van der Waals surface area contributed by atoms with Crippen molar-refractivity contribution in [2.75, 3.05) is 26.2 Å². The molecule has 5 nitrogen and oxygen atoms in total. The summed E-state index contributed by atoms with van der Waals surface area (Å²) in [5, 5.41) is 7.38. The molecule has 1 unspecified atom stereocenters. The molecule has 1 amide bonds. The number of morpholine rings is 1. The van der Waals surface area contributed by atoms with Crippen LogP contribution in [0.3, 0.4) is 0 Å². The maximum atomic E-state index is 12.0. The summed E-state index contributed by atoms with van der Waals surface area (Å²) in [5.41, 5.74) is 3.65. The van der Waals surface area contributed by atoms with Crippen LogP contribution in [-0.2, 0) is 16.0 Å². The fraction of sp³-hybridized carbons (Fsp3) is 0.438. The first-order valence-electron chi connectivity index (χ1n) is 7.41. The lowest BCUT2D eigenvalue weighted by Gasteiger charge is -2.22. The molecule has 1 aromatic carbocycles. The quantitative estimate of drug-likeness (QED) is 0.799. The lowest BCUT2D eigenvalue weighted by Crippen LogP contribution is -2.48. The SMILES string of the molecule is Cc1cccc2[nH]cc(CCNC(=O)C3CNCCO3)c12.Cl. The Morgan fingerprint density at radius 3 is 3.09 bits per heavy atom. The number of fused-ring (bicyclic) bond motifs is 1. The average Bonchev–Trinajstić information content (AvgIpc) is 2.93. The van der Waals surface area contributed by atoms with Crippen molar-refractivity contribution >= 4 is 29.2 Å². The third-order valence-corrected chi connectivity index (χ3v) is 3.91. The van der Waals surface area contributed by atoms with E-state index in [4.69, 9.17) is 4.74 Å². The Morgan fingerprint density at radius 2 is 2.32 bits per heavy atom. The van der Waals surface area contributed by atoms with Crippen LogP contribution < -0.4 is 10.6 Å². The maximum Gasteiger partial charge on any atom is 0.250 e. The first-order chi connectivity index (χ1) is 10.3. The van der Waals surface area contributed by atoms with Crippen LogP contribution in [0.4, 0.5) is 0 Å². The number of hydrogen-bond acceptors (Lipinski definition) is 3. The van der Waals surface area contributed by atoms with E-state index in [1.165, 1.54) is 16.5 Å². The van der Waals surface area contributed by atoms with Crippen LogP contribution in [0.25, 0.3) is 10.9 Å². The van der Waals surface area contributed by atoms with Crippen LogP contribution in [0.15, 0.2) is 24.4 Å². The second-order valence-corrected chi connectivity index (χ2v) is 5.42. The largest absolute Gasteiger partial charge is 0.366 e. The molecule has 2 aromatic rings. The molecule has 3 rings (SSSR count). The minimum atomic E-state index is -0.358. The number of hydrogen-bond donors (Lipinski definition) is 3. The number of carbonyl (C=O) groups excluding carboxylic acids is 1. The van der Waals surface area contributed by atoms with E-state index in [1.54, 1.807) is 0 Å². The molecule has 1 fully saturated rings. The second-order valence-electron chi connectivity index (χ2n) is 5.42. The number of benzene rings is 1. The lowest BCUT2D eigenvalue weighted by molar-refractivity contribution is -0.134. The molecular weight excluding hydrogens is 302 g/mol. The third-order valence-electron chi connectivity index (χ3n) is 3.91. The van der Waals surface area contributed by atoms with E-state index < -0.39 is 0 Å². The number of amides is 1. The summed E-state index contributed by atoms with van der Waals surface area (Å²) in [6.07, 6.45) is 2.49. The van der Waals surface area contributed by atoms with Crippen LogP contribution in [-0.4, -0.2) is 43.2 Å². The normalized spacial score (nSPS) is 18.0. The predicted octanol–water partition coefficient (Wildman–Crippen LogP) is 1.55. The van der Waals surface area contributed by atoms with Gasteiger partial charge in [0.15, 0.2) is 0 Å². The van der Waals surface area contributed by atoms with Gasteiger partial charge in [-0.05, 0) is 30.5 Å². The molecule has 22 heavy (non-hydrogen) atoms. The summed E-state index contributed by atoms with van der Waals surface area (Å²) >= 11 is 0. The molecule has 0 bridgehead atoms. The zero-order valence-electron chi connectivity index (χ0n) is 12.6. The molecule has 3 N–H and O–H groups in total. The maximum absolute atomic E-state index is 12.0. The monoisotopic (exact) mass is 323 g/mol. The predicted molar refractivity (Wildman–Crippen MR) is 89.6 cm³/mol. The van der Waals surface area contributed by atoms with Crippen LogP contribution in [0.5, 0.6) is 0 Å². The van der Waals surface area contributed by atoms with Gasteiger partial charge in [0.2, 0.25) is 5.91 Å². The molecule has 0 saturated carbocycles. The molecule has 2 heterocycles. The van der Waals surface area contributed by atoms with Crippen molar-refractivity contribution < 1.29 is 9.53 Å². The highest BCUT2D eigenvalue weighted by Crippen LogP contribution is 2.22. The molecule has 1 aliphatic rings. The van der Waals surface area contributed by atoms with Crippen molar-refractivity contribution in [1.29, 1.82) is 0 Å². The average molecular weight is 324 g/mol. The summed E-state index contributed by atoms with van der Waals surface area (Å²) in [6.45, 7) is 4.75. The van der Waals surface area contributed by atoms with Gasteiger partial charge >= 0.3 is 0 Å². The molecular formula is C16H22ClN3O2. The van der Waals surface area contributed by atoms with Gasteiger partial charge in [0, 0.05) is 36.7 Å². The molecule has 1 atom stereocenters. The molecule has 6 heteroatoms. The molecule has 120 valence electrons. The molecule has 1 saturated heterocycles. The number of rotatable bonds is 4. The van der Waals surface area contributed by atoms with Crippen LogP contribution in [0, 0.1) is 6.92 Å². The number of H-pyrrole nitrogens is 1. The van der Waals surface area contributed by atoms with Gasteiger partial charge in [0.25, 0.3) is 0 Å². The highest BCUT2D eigenvalue weighted by atomic mass is 35.5. The highest BCUT2D eigenvalue weighted by molar-refractivity contribution is 5.86. The van der Waals surface area contributed by atoms with E-state index in [-0.39, 0.29) is 24.4 Å². The van der Waals surface area contributed by atoms with Crippen molar-refractivity contribution in [3.63, 3.8) is 0 Å². The van der Waals surface area contributed by atoms with Crippen molar-refractivity contribution in [3.8, 4) is 0 Å². The van der Waals surface area contributed by atoms with Gasteiger partial charge in [-0.2, -0.15) is 0 Å². The van der Waals surface area contributed by atoms with Gasteiger partial charge < -0.3 is 20.4 Å². The van der Waals surface area contributed by atoms with Crippen LogP contribution >= 0.6 is 12.4 Å². The standard InChI is InChI=1S/C16H21N3O2.ClH/c1-11-3-2-4-13-15(11)12(9-19-13)5-6-18-16(20)14-10-17-7-8-21-14;/h2-4,9,14,17,19H,5-8,10H2,1H3,(H,18,20);1H. The van der Waals surface area contributed by atoms with Gasteiger partial charge in [-0.25, -0.2) is 0 Å². The van der Waals surface area contributed by atoms with Crippen LogP contribution in [0.2, 0.25) is 0 Å². The molecule has 0 aliphatic carbocycles. The lowest BCUT2D eigenvalue weighted by atomic mass is 10.1. The topological polar surface area (TPSA) is 66.2 Å². The summed E-state index contributed by atoms with van der Waals surface area (Å²) in [5.74, 6) is -0.0289. The first kappa shape index (κ1) is 16.8. The number of aromatic amines is 1. The van der Waals surface area contributed by atoms with Crippen LogP contribution in [0.1, 0.15) is 11.1 Å². The molecule has 1 aliphatic heterocycles. The number of halogens is 1. The van der Waals surface area contributed by atoms with Crippen molar-refractivity contribution in [1.82, 2.24) is 15.6 Å². The van der Waals surface area contributed by atoms with E-state index >= 15 is 0 Å². The van der Waals surface area contributed by atoms with Crippen molar-refractivity contribution in [2.45, 2.75) is 19.4 Å². The summed E-state index contributed by atoms with van der Waals surface area (Å²) in [7, 11) is 0. The Kier molecular flexibility index (Phi) is 5.83. The molecule has 1 aromatic heterocycles. The number of ether oxygens (including phenoxy) is 1. The molecule has 0 spiro atoms. The Morgan fingerprint density at radius 1 is 1.45 bits per heavy atom. The van der Waals surface area contributed by atoms with Gasteiger partial charge in [0.05, 0.1) is 6.61 Å². The highest BCUT2D eigenvalue weighted by Gasteiger charge is 2.21. The van der Waals surface area contributed by atoms with Crippen molar-refractivity contribution in [3.05, 3.63) is 35.5 Å².